The Hall–Kier alpha value is -2.27. The first-order valence-corrected chi connectivity index (χ1v) is 10.8. The quantitative estimate of drug-likeness (QED) is 0.391. The van der Waals surface area contributed by atoms with Gasteiger partial charge in [-0.15, -0.1) is 10.2 Å². The summed E-state index contributed by atoms with van der Waals surface area (Å²) in [4.78, 5) is 17.1. The van der Waals surface area contributed by atoms with Gasteiger partial charge in [-0.2, -0.15) is 0 Å². The molecular formula is C19H18ClFN4O3S2. The zero-order valence-electron chi connectivity index (χ0n) is 16.3. The number of anilines is 1. The summed E-state index contributed by atoms with van der Waals surface area (Å²) in [5.74, 6) is -0.978. The van der Waals surface area contributed by atoms with Gasteiger partial charge in [-0.25, -0.2) is 4.39 Å². The van der Waals surface area contributed by atoms with Gasteiger partial charge in [0.05, 0.1) is 29.9 Å². The highest BCUT2D eigenvalue weighted by molar-refractivity contribution is 8.01. The first kappa shape index (κ1) is 22.4. The normalized spacial score (nSPS) is 11.9. The lowest BCUT2D eigenvalue weighted by molar-refractivity contribution is 0.102. The summed E-state index contributed by atoms with van der Waals surface area (Å²) in [5, 5.41) is 19.9. The number of pyridine rings is 1. The third kappa shape index (κ3) is 4.89. The van der Waals surface area contributed by atoms with Crippen LogP contribution in [-0.2, 0) is 0 Å². The van der Waals surface area contributed by atoms with E-state index in [1.54, 1.807) is 13.0 Å². The Labute approximate surface area is 185 Å². The molecule has 158 valence electrons. The second-order valence-corrected chi connectivity index (χ2v) is 9.32. The molecule has 0 aliphatic heterocycles. The first-order chi connectivity index (χ1) is 14.3. The molecule has 0 saturated heterocycles. The average Bonchev–Trinajstić information content (AvgIpc) is 3.16. The lowest BCUT2D eigenvalue weighted by atomic mass is 9.98. The number of hydrogen-bond donors (Lipinski definition) is 2. The Morgan fingerprint density at radius 3 is 2.90 bits per heavy atom. The molecule has 11 heteroatoms. The van der Waals surface area contributed by atoms with Gasteiger partial charge < -0.3 is 9.84 Å². The molecule has 3 aromatic rings. The lowest BCUT2D eigenvalue weighted by Crippen LogP contribution is -2.14. The fourth-order valence-corrected chi connectivity index (χ4v) is 4.64. The number of halogens is 2. The fourth-order valence-electron chi connectivity index (χ4n) is 2.58. The number of benzene rings is 1. The summed E-state index contributed by atoms with van der Waals surface area (Å²) in [6, 6.07) is 4.52. The number of aliphatic hydroxyl groups is 1. The largest absolute Gasteiger partial charge is 0.496 e. The highest BCUT2D eigenvalue weighted by Gasteiger charge is 2.23. The molecule has 1 unspecified atom stereocenters. The molecule has 2 N–H and O–H groups in total. The maximum absolute atomic E-state index is 14.9. The summed E-state index contributed by atoms with van der Waals surface area (Å²) in [5.41, 5.74) is 1.10. The molecule has 1 aromatic carbocycles. The van der Waals surface area contributed by atoms with Crippen molar-refractivity contribution in [3.63, 3.8) is 0 Å². The minimum absolute atomic E-state index is 0.00261. The molecule has 0 fully saturated rings. The Kier molecular flexibility index (Phi) is 7.24. The van der Waals surface area contributed by atoms with E-state index in [1.807, 2.05) is 6.92 Å². The van der Waals surface area contributed by atoms with Crippen molar-refractivity contribution in [3.05, 3.63) is 46.5 Å². The molecule has 30 heavy (non-hydrogen) atoms. The summed E-state index contributed by atoms with van der Waals surface area (Å²) < 4.78 is 20.8. The van der Waals surface area contributed by atoms with E-state index >= 15 is 0 Å². The number of thioether (sulfide) groups is 1. The lowest BCUT2D eigenvalue weighted by Gasteiger charge is -2.14. The Balaban J connectivity index is 1.97. The number of carbonyl (C=O) groups excluding carboxylic acids is 1. The van der Waals surface area contributed by atoms with Crippen LogP contribution in [0.15, 0.2) is 28.7 Å². The maximum Gasteiger partial charge on any atom is 0.259 e. The third-order valence-electron chi connectivity index (χ3n) is 4.02. The van der Waals surface area contributed by atoms with Crippen LogP contribution in [0, 0.1) is 12.7 Å². The van der Waals surface area contributed by atoms with E-state index in [1.165, 1.54) is 48.5 Å². The molecule has 2 heterocycles. The average molecular weight is 469 g/mol. The van der Waals surface area contributed by atoms with Gasteiger partial charge in [0.1, 0.15) is 5.75 Å². The van der Waals surface area contributed by atoms with E-state index in [0.29, 0.717) is 15.6 Å². The third-order valence-corrected chi connectivity index (χ3v) is 6.32. The minimum atomic E-state index is -0.691. The van der Waals surface area contributed by atoms with Crippen molar-refractivity contribution >= 4 is 45.7 Å². The van der Waals surface area contributed by atoms with Gasteiger partial charge in [-0.1, -0.05) is 41.6 Å². The number of carbonyl (C=O) groups is 1. The smallest absolute Gasteiger partial charge is 0.259 e. The zero-order valence-corrected chi connectivity index (χ0v) is 18.7. The second kappa shape index (κ2) is 9.69. The Morgan fingerprint density at radius 1 is 1.43 bits per heavy atom. The van der Waals surface area contributed by atoms with Crippen LogP contribution >= 0.6 is 34.7 Å². The van der Waals surface area contributed by atoms with Crippen LogP contribution in [0.25, 0.3) is 11.1 Å². The van der Waals surface area contributed by atoms with Crippen molar-refractivity contribution in [2.75, 3.05) is 19.0 Å². The van der Waals surface area contributed by atoms with Gasteiger partial charge in [0, 0.05) is 22.7 Å². The summed E-state index contributed by atoms with van der Waals surface area (Å²) >= 11 is 8.49. The first-order valence-electron chi connectivity index (χ1n) is 8.75. The molecule has 1 amide bonds. The summed E-state index contributed by atoms with van der Waals surface area (Å²) in [6.45, 7) is 3.58. The summed E-state index contributed by atoms with van der Waals surface area (Å²) in [7, 11) is 1.41. The van der Waals surface area contributed by atoms with Crippen LogP contribution < -0.4 is 10.1 Å². The predicted molar refractivity (Wildman–Crippen MR) is 116 cm³/mol. The predicted octanol–water partition coefficient (Wildman–Crippen LogP) is 4.43. The van der Waals surface area contributed by atoms with Gasteiger partial charge in [0.2, 0.25) is 5.13 Å². The number of hydrogen-bond acceptors (Lipinski definition) is 8. The molecule has 1 atom stereocenters. The van der Waals surface area contributed by atoms with Gasteiger partial charge in [-0.05, 0) is 25.1 Å². The number of rotatable bonds is 7. The van der Waals surface area contributed by atoms with Gasteiger partial charge in [0.15, 0.2) is 10.2 Å². The number of aryl methyl sites for hydroxylation is 1. The SMILES string of the molecule is COc1ccc(Cl)c(F)c1-c1cc(C)ncc1C(=O)Nc1nnc(SC(C)CO)s1. The Morgan fingerprint density at radius 2 is 2.20 bits per heavy atom. The highest BCUT2D eigenvalue weighted by atomic mass is 35.5. The highest BCUT2D eigenvalue weighted by Crippen LogP contribution is 2.38. The van der Waals surface area contributed by atoms with Crippen LogP contribution in [0.4, 0.5) is 9.52 Å². The number of ether oxygens (including phenoxy) is 1. The van der Waals surface area contributed by atoms with Crippen molar-refractivity contribution in [1.82, 2.24) is 15.2 Å². The molecule has 7 nitrogen and oxygen atoms in total. The standard InChI is InChI=1S/C19H18ClFN4O3S2/c1-9-6-11(15-14(28-3)5-4-13(20)16(15)21)12(7-22-9)17(27)23-18-24-25-19(30-18)29-10(2)8-26/h4-7,10,26H,8H2,1-3H3,(H,23,24,27). The van der Waals surface area contributed by atoms with Crippen molar-refractivity contribution in [3.8, 4) is 16.9 Å². The number of amides is 1. The van der Waals surface area contributed by atoms with E-state index in [4.69, 9.17) is 21.4 Å². The maximum atomic E-state index is 14.9. The Bertz CT molecular complexity index is 1080. The van der Waals surface area contributed by atoms with Crippen LogP contribution in [-0.4, -0.2) is 45.2 Å². The van der Waals surface area contributed by atoms with E-state index in [0.717, 1.165) is 0 Å². The van der Waals surface area contributed by atoms with Crippen molar-refractivity contribution in [2.45, 2.75) is 23.4 Å². The molecule has 0 aliphatic carbocycles. The molecule has 0 saturated carbocycles. The number of nitrogens with one attached hydrogen (secondary N) is 1. The molecular weight excluding hydrogens is 451 g/mol. The molecule has 0 bridgehead atoms. The van der Waals surface area contributed by atoms with Crippen molar-refractivity contribution < 1.29 is 19.0 Å². The molecule has 0 spiro atoms. The number of aliphatic hydroxyl groups excluding tert-OH is 1. The molecule has 2 aromatic heterocycles. The fraction of sp³-hybridized carbons (Fsp3) is 0.263. The van der Waals surface area contributed by atoms with Crippen LogP contribution in [0.1, 0.15) is 23.0 Å². The van der Waals surface area contributed by atoms with E-state index < -0.39 is 11.7 Å². The monoisotopic (exact) mass is 468 g/mol. The molecule has 0 aliphatic rings. The van der Waals surface area contributed by atoms with Crippen LogP contribution in [0.2, 0.25) is 5.02 Å². The van der Waals surface area contributed by atoms with Crippen molar-refractivity contribution in [2.24, 2.45) is 0 Å². The number of nitrogens with zero attached hydrogens (tertiary/aromatic N) is 3. The van der Waals surface area contributed by atoms with E-state index in [2.05, 4.69) is 20.5 Å². The van der Waals surface area contributed by atoms with Gasteiger partial charge in [0.25, 0.3) is 5.91 Å². The molecule has 3 rings (SSSR count). The zero-order chi connectivity index (χ0) is 21.8. The van der Waals surface area contributed by atoms with Crippen LogP contribution in [0.5, 0.6) is 5.75 Å². The van der Waals surface area contributed by atoms with E-state index in [9.17, 15) is 9.18 Å². The van der Waals surface area contributed by atoms with Crippen molar-refractivity contribution in [1.29, 1.82) is 0 Å². The van der Waals surface area contributed by atoms with E-state index in [-0.39, 0.29) is 38.9 Å². The summed E-state index contributed by atoms with van der Waals surface area (Å²) in [6.07, 6.45) is 1.37. The second-order valence-electron chi connectivity index (χ2n) is 6.25. The van der Waals surface area contributed by atoms with Gasteiger partial charge in [-0.3, -0.25) is 15.1 Å². The van der Waals surface area contributed by atoms with Gasteiger partial charge >= 0.3 is 0 Å². The topological polar surface area (TPSA) is 97.2 Å². The minimum Gasteiger partial charge on any atom is -0.496 e. The number of methoxy groups -OCH3 is 1. The van der Waals surface area contributed by atoms with Crippen LogP contribution in [0.3, 0.4) is 0 Å². The molecule has 0 radical (unpaired) electrons. The number of aromatic nitrogens is 3.